The summed E-state index contributed by atoms with van der Waals surface area (Å²) in [5.41, 5.74) is 2.25. The molecule has 1 saturated heterocycles. The van der Waals surface area contributed by atoms with E-state index in [4.69, 9.17) is 0 Å². The van der Waals surface area contributed by atoms with Crippen LogP contribution in [0, 0.1) is 0 Å². The molecule has 6 nitrogen and oxygen atoms in total. The van der Waals surface area contributed by atoms with Crippen molar-refractivity contribution in [2.24, 2.45) is 0 Å². The predicted octanol–water partition coefficient (Wildman–Crippen LogP) is 0.218. The van der Waals surface area contributed by atoms with Crippen molar-refractivity contribution in [3.05, 3.63) is 17.6 Å². The second-order valence-electron chi connectivity index (χ2n) is 5.08. The number of nitrogens with one attached hydrogen (secondary N) is 1. The van der Waals surface area contributed by atoms with Gasteiger partial charge >= 0.3 is 5.97 Å². The summed E-state index contributed by atoms with van der Waals surface area (Å²) in [7, 11) is 0. The van der Waals surface area contributed by atoms with Crippen molar-refractivity contribution >= 4 is 11.8 Å². The summed E-state index contributed by atoms with van der Waals surface area (Å²) in [5, 5.41) is 12.5. The van der Waals surface area contributed by atoms with Gasteiger partial charge < -0.3 is 15.3 Å². The van der Waals surface area contributed by atoms with Crippen molar-refractivity contribution < 1.29 is 9.90 Å². The minimum Gasteiger partial charge on any atom is -0.480 e. The zero-order chi connectivity index (χ0) is 13.2. The second-order valence-corrected chi connectivity index (χ2v) is 5.08. The molecule has 6 heteroatoms. The molecule has 1 aliphatic carbocycles. The third-order valence-corrected chi connectivity index (χ3v) is 3.90. The fraction of sp³-hybridized carbons (Fsp3) is 0.615. The number of anilines is 1. The van der Waals surface area contributed by atoms with E-state index in [2.05, 4.69) is 15.3 Å². The maximum Gasteiger partial charge on any atom is 0.327 e. The van der Waals surface area contributed by atoms with Crippen LogP contribution in [0.1, 0.15) is 24.1 Å². The largest absolute Gasteiger partial charge is 0.480 e. The van der Waals surface area contributed by atoms with Gasteiger partial charge in [0.1, 0.15) is 18.2 Å². The van der Waals surface area contributed by atoms with E-state index in [1.165, 1.54) is 0 Å². The summed E-state index contributed by atoms with van der Waals surface area (Å²) >= 11 is 0. The monoisotopic (exact) mass is 262 g/mol. The van der Waals surface area contributed by atoms with E-state index in [1.807, 2.05) is 4.90 Å². The number of rotatable bonds is 2. The van der Waals surface area contributed by atoms with E-state index in [-0.39, 0.29) is 0 Å². The Balaban J connectivity index is 1.98. The SMILES string of the molecule is O=C(O)C1CNCCN1c1ncnc2c1CCCC2. The van der Waals surface area contributed by atoms with Gasteiger partial charge in [0.15, 0.2) is 0 Å². The number of hydrogen-bond donors (Lipinski definition) is 2. The fourth-order valence-corrected chi connectivity index (χ4v) is 2.93. The lowest BCUT2D eigenvalue weighted by Gasteiger charge is -2.36. The van der Waals surface area contributed by atoms with E-state index in [0.29, 0.717) is 13.1 Å². The number of fused-ring (bicyclic) bond motifs is 1. The Hall–Kier alpha value is -1.69. The number of hydrogen-bond acceptors (Lipinski definition) is 5. The van der Waals surface area contributed by atoms with Gasteiger partial charge in [-0.2, -0.15) is 0 Å². The molecule has 0 saturated carbocycles. The van der Waals surface area contributed by atoms with E-state index in [1.54, 1.807) is 6.33 Å². The lowest BCUT2D eigenvalue weighted by molar-refractivity contribution is -0.138. The number of carboxylic acids is 1. The minimum absolute atomic E-state index is 0.466. The van der Waals surface area contributed by atoms with Gasteiger partial charge in [-0.25, -0.2) is 14.8 Å². The number of aryl methyl sites for hydroxylation is 1. The molecule has 3 rings (SSSR count). The van der Waals surface area contributed by atoms with Gasteiger partial charge in [0.25, 0.3) is 0 Å². The first-order valence-corrected chi connectivity index (χ1v) is 6.80. The third-order valence-electron chi connectivity index (χ3n) is 3.90. The van der Waals surface area contributed by atoms with Crippen molar-refractivity contribution in [1.82, 2.24) is 15.3 Å². The smallest absolute Gasteiger partial charge is 0.327 e. The van der Waals surface area contributed by atoms with Gasteiger partial charge in [-0.05, 0) is 25.7 Å². The van der Waals surface area contributed by atoms with Crippen LogP contribution in [-0.4, -0.2) is 46.7 Å². The standard InChI is InChI=1S/C13H18N4O2/c18-13(19)11-7-14-5-6-17(11)12-9-3-1-2-4-10(9)15-8-16-12/h8,11,14H,1-7H2,(H,18,19). The Morgan fingerprint density at radius 2 is 2.21 bits per heavy atom. The second kappa shape index (κ2) is 5.13. The van der Waals surface area contributed by atoms with Crippen LogP contribution in [0.4, 0.5) is 5.82 Å². The molecule has 1 aliphatic heterocycles. The molecule has 102 valence electrons. The van der Waals surface area contributed by atoms with Crippen molar-refractivity contribution in [2.45, 2.75) is 31.7 Å². The molecule has 2 N–H and O–H groups in total. The summed E-state index contributed by atoms with van der Waals surface area (Å²) in [6, 6.07) is -0.533. The van der Waals surface area contributed by atoms with Gasteiger partial charge in [0, 0.05) is 30.9 Å². The van der Waals surface area contributed by atoms with Gasteiger partial charge in [-0.15, -0.1) is 0 Å². The average Bonchev–Trinajstić information content (AvgIpc) is 2.46. The van der Waals surface area contributed by atoms with Crippen LogP contribution in [-0.2, 0) is 17.6 Å². The molecule has 2 aliphatic rings. The first-order chi connectivity index (χ1) is 9.27. The first-order valence-electron chi connectivity index (χ1n) is 6.80. The topological polar surface area (TPSA) is 78.4 Å². The lowest BCUT2D eigenvalue weighted by Crippen LogP contribution is -2.55. The number of piperazine rings is 1. The number of carboxylic acid groups (broad SMARTS) is 1. The highest BCUT2D eigenvalue weighted by Gasteiger charge is 2.31. The van der Waals surface area contributed by atoms with Crippen LogP contribution in [0.15, 0.2) is 6.33 Å². The molecule has 0 amide bonds. The highest BCUT2D eigenvalue weighted by atomic mass is 16.4. The van der Waals surface area contributed by atoms with Crippen molar-refractivity contribution in [1.29, 1.82) is 0 Å². The average molecular weight is 262 g/mol. The van der Waals surface area contributed by atoms with Crippen molar-refractivity contribution in [2.75, 3.05) is 24.5 Å². The van der Waals surface area contributed by atoms with E-state index in [0.717, 1.165) is 49.3 Å². The van der Waals surface area contributed by atoms with Crippen molar-refractivity contribution in [3.63, 3.8) is 0 Å². The van der Waals surface area contributed by atoms with E-state index in [9.17, 15) is 9.90 Å². The molecule has 1 aromatic rings. The Morgan fingerprint density at radius 1 is 1.37 bits per heavy atom. The molecular weight excluding hydrogens is 244 g/mol. The van der Waals surface area contributed by atoms with E-state index < -0.39 is 12.0 Å². The third kappa shape index (κ3) is 2.28. The fourth-order valence-electron chi connectivity index (χ4n) is 2.93. The molecule has 0 bridgehead atoms. The number of aliphatic carboxylic acids is 1. The zero-order valence-electron chi connectivity index (χ0n) is 10.8. The molecular formula is C13H18N4O2. The Bertz CT molecular complexity index is 492. The molecule has 1 aromatic heterocycles. The summed E-state index contributed by atoms with van der Waals surface area (Å²) in [6.07, 6.45) is 5.81. The number of nitrogens with zero attached hydrogens (tertiary/aromatic N) is 3. The molecule has 1 atom stereocenters. The van der Waals surface area contributed by atoms with Crippen LogP contribution in [0.3, 0.4) is 0 Å². The lowest BCUT2D eigenvalue weighted by atomic mass is 9.95. The molecule has 2 heterocycles. The summed E-state index contributed by atoms with van der Waals surface area (Å²) in [6.45, 7) is 1.94. The van der Waals surface area contributed by atoms with Crippen LogP contribution >= 0.6 is 0 Å². The van der Waals surface area contributed by atoms with Crippen LogP contribution in [0.2, 0.25) is 0 Å². The quantitative estimate of drug-likeness (QED) is 0.793. The van der Waals surface area contributed by atoms with Crippen LogP contribution < -0.4 is 10.2 Å². The number of carbonyl (C=O) groups is 1. The zero-order valence-corrected chi connectivity index (χ0v) is 10.8. The van der Waals surface area contributed by atoms with Crippen LogP contribution in [0.25, 0.3) is 0 Å². The molecule has 1 unspecified atom stereocenters. The van der Waals surface area contributed by atoms with Gasteiger partial charge in [-0.1, -0.05) is 0 Å². The molecule has 0 aromatic carbocycles. The molecule has 1 fully saturated rings. The highest BCUT2D eigenvalue weighted by Crippen LogP contribution is 2.28. The van der Waals surface area contributed by atoms with Crippen molar-refractivity contribution in [3.8, 4) is 0 Å². The van der Waals surface area contributed by atoms with Gasteiger partial charge in [0.05, 0.1) is 0 Å². The molecule has 19 heavy (non-hydrogen) atoms. The van der Waals surface area contributed by atoms with Gasteiger partial charge in [0.2, 0.25) is 0 Å². The Kier molecular flexibility index (Phi) is 3.33. The summed E-state index contributed by atoms with van der Waals surface area (Å²) in [4.78, 5) is 22.0. The predicted molar refractivity (Wildman–Crippen MR) is 70.3 cm³/mol. The first kappa shape index (κ1) is 12.3. The minimum atomic E-state index is -0.796. The summed E-state index contributed by atoms with van der Waals surface area (Å²) < 4.78 is 0. The van der Waals surface area contributed by atoms with Crippen LogP contribution in [0.5, 0.6) is 0 Å². The van der Waals surface area contributed by atoms with E-state index >= 15 is 0 Å². The Morgan fingerprint density at radius 3 is 3.05 bits per heavy atom. The Labute approximate surface area is 111 Å². The molecule has 0 radical (unpaired) electrons. The highest BCUT2D eigenvalue weighted by molar-refractivity contribution is 5.79. The maximum atomic E-state index is 11.4. The summed E-state index contributed by atoms with van der Waals surface area (Å²) in [5.74, 6) is 0.0361. The molecule has 0 spiro atoms. The van der Waals surface area contributed by atoms with Gasteiger partial charge in [-0.3, -0.25) is 0 Å². The maximum absolute atomic E-state index is 11.4. The normalized spacial score (nSPS) is 22.9. The number of aromatic nitrogens is 2.